The van der Waals surface area contributed by atoms with Crippen molar-refractivity contribution >= 4 is 5.91 Å². The van der Waals surface area contributed by atoms with Crippen LogP contribution in [0.25, 0.3) is 11.3 Å². The summed E-state index contributed by atoms with van der Waals surface area (Å²) in [6, 6.07) is 13.4. The predicted molar refractivity (Wildman–Crippen MR) is 79.5 cm³/mol. The number of nitrogens with zero attached hydrogens (tertiary/aromatic N) is 1. The van der Waals surface area contributed by atoms with E-state index in [2.05, 4.69) is 10.5 Å². The van der Waals surface area contributed by atoms with Crippen molar-refractivity contribution in [2.75, 3.05) is 0 Å². The van der Waals surface area contributed by atoms with Crippen LogP contribution in [0, 0.1) is 11.6 Å². The number of halogens is 2. The number of rotatable bonds is 4. The molecular weight excluding hydrogens is 302 g/mol. The second kappa shape index (κ2) is 6.39. The molecule has 0 bridgehead atoms. The summed E-state index contributed by atoms with van der Waals surface area (Å²) in [4.78, 5) is 11.9. The maximum atomic E-state index is 13.7. The fourth-order valence-corrected chi connectivity index (χ4v) is 2.07. The summed E-state index contributed by atoms with van der Waals surface area (Å²) < 4.78 is 31.6. The number of carbonyl (C=O) groups excluding carboxylic acids is 1. The Labute approximate surface area is 130 Å². The van der Waals surface area contributed by atoms with Crippen LogP contribution in [0.2, 0.25) is 0 Å². The molecule has 0 aliphatic rings. The Kier molecular flexibility index (Phi) is 4.14. The van der Waals surface area contributed by atoms with Gasteiger partial charge in [0.25, 0.3) is 5.91 Å². The minimum Gasteiger partial charge on any atom is -0.356 e. The van der Waals surface area contributed by atoms with Gasteiger partial charge in [-0.15, -0.1) is 0 Å². The average molecular weight is 314 g/mol. The quantitative estimate of drug-likeness (QED) is 0.801. The number of carbonyl (C=O) groups is 1. The summed E-state index contributed by atoms with van der Waals surface area (Å²) in [5.41, 5.74) is 1.08. The molecule has 0 unspecified atom stereocenters. The summed E-state index contributed by atoms with van der Waals surface area (Å²) in [6.07, 6.45) is 0. The van der Waals surface area contributed by atoms with Gasteiger partial charge in [0.2, 0.25) is 0 Å². The van der Waals surface area contributed by atoms with Gasteiger partial charge in [-0.2, -0.15) is 0 Å². The molecule has 1 heterocycles. The second-order valence-corrected chi connectivity index (χ2v) is 4.86. The molecule has 0 saturated heterocycles. The van der Waals surface area contributed by atoms with Crippen LogP contribution in [0.3, 0.4) is 0 Å². The van der Waals surface area contributed by atoms with Crippen molar-refractivity contribution < 1.29 is 18.1 Å². The molecule has 2 aromatic carbocycles. The first-order valence-electron chi connectivity index (χ1n) is 6.88. The Balaban J connectivity index is 1.69. The van der Waals surface area contributed by atoms with Gasteiger partial charge < -0.3 is 9.84 Å². The van der Waals surface area contributed by atoms with Crippen LogP contribution in [-0.2, 0) is 6.54 Å². The van der Waals surface area contributed by atoms with Gasteiger partial charge in [-0.3, -0.25) is 4.79 Å². The van der Waals surface area contributed by atoms with E-state index in [1.165, 1.54) is 12.1 Å². The number of amides is 1. The monoisotopic (exact) mass is 314 g/mol. The van der Waals surface area contributed by atoms with Gasteiger partial charge in [-0.1, -0.05) is 23.4 Å². The molecule has 0 saturated carbocycles. The molecule has 0 atom stereocenters. The van der Waals surface area contributed by atoms with Crippen molar-refractivity contribution in [2.45, 2.75) is 6.54 Å². The van der Waals surface area contributed by atoms with Crippen molar-refractivity contribution in [2.24, 2.45) is 0 Å². The molecule has 0 radical (unpaired) electrons. The van der Waals surface area contributed by atoms with Crippen LogP contribution in [0.15, 0.2) is 59.1 Å². The van der Waals surface area contributed by atoms with Crippen molar-refractivity contribution in [3.05, 3.63) is 77.5 Å². The highest BCUT2D eigenvalue weighted by Crippen LogP contribution is 2.24. The van der Waals surface area contributed by atoms with E-state index in [1.54, 1.807) is 24.3 Å². The molecule has 3 rings (SSSR count). The maximum Gasteiger partial charge on any atom is 0.251 e. The maximum absolute atomic E-state index is 13.7. The molecule has 1 aromatic heterocycles. The zero-order chi connectivity index (χ0) is 16.2. The summed E-state index contributed by atoms with van der Waals surface area (Å²) in [6.45, 7) is 0.139. The fraction of sp³-hybridized carbons (Fsp3) is 0.0588. The lowest BCUT2D eigenvalue weighted by molar-refractivity contribution is 0.0950. The molecule has 0 spiro atoms. The number of hydrogen-bond donors (Lipinski definition) is 1. The molecular formula is C17H12F2N2O2. The molecule has 0 aliphatic heterocycles. The van der Waals surface area contributed by atoms with E-state index in [0.717, 1.165) is 12.1 Å². The minimum absolute atomic E-state index is 0.111. The molecule has 1 N–H and O–H groups in total. The van der Waals surface area contributed by atoms with Gasteiger partial charge in [0.15, 0.2) is 5.76 Å². The lowest BCUT2D eigenvalue weighted by Crippen LogP contribution is -2.22. The zero-order valence-electron chi connectivity index (χ0n) is 11.9. The third-order valence-corrected chi connectivity index (χ3v) is 3.22. The minimum atomic E-state index is -0.735. The van der Waals surface area contributed by atoms with Gasteiger partial charge in [0, 0.05) is 17.7 Å². The summed E-state index contributed by atoms with van der Waals surface area (Å²) in [7, 11) is 0. The fourth-order valence-electron chi connectivity index (χ4n) is 2.07. The van der Waals surface area contributed by atoms with Gasteiger partial charge >= 0.3 is 0 Å². The van der Waals surface area contributed by atoms with Crippen LogP contribution in [-0.4, -0.2) is 11.1 Å². The van der Waals surface area contributed by atoms with Crippen LogP contribution >= 0.6 is 0 Å². The molecule has 23 heavy (non-hydrogen) atoms. The first-order chi connectivity index (χ1) is 11.1. The largest absolute Gasteiger partial charge is 0.356 e. The Morgan fingerprint density at radius 1 is 1.09 bits per heavy atom. The van der Waals surface area contributed by atoms with Gasteiger partial charge in [0.1, 0.15) is 17.3 Å². The lowest BCUT2D eigenvalue weighted by Gasteiger charge is -2.02. The lowest BCUT2D eigenvalue weighted by atomic mass is 10.1. The van der Waals surface area contributed by atoms with E-state index < -0.39 is 11.6 Å². The number of nitrogens with one attached hydrogen (secondary N) is 1. The highest BCUT2D eigenvalue weighted by atomic mass is 19.1. The Hall–Kier alpha value is -3.02. The number of aromatic nitrogens is 1. The SMILES string of the molecule is O=C(NCc1cc(-c2ccc(F)cc2F)on1)c1ccccc1. The molecule has 0 aliphatic carbocycles. The molecule has 3 aromatic rings. The summed E-state index contributed by atoms with van der Waals surface area (Å²) in [5.74, 6) is -1.48. The van der Waals surface area contributed by atoms with Crippen LogP contribution in [0.1, 0.15) is 16.1 Å². The molecule has 4 nitrogen and oxygen atoms in total. The summed E-state index contributed by atoms with van der Waals surface area (Å²) >= 11 is 0. The Bertz CT molecular complexity index is 832. The molecule has 6 heteroatoms. The van der Waals surface area contributed by atoms with E-state index in [4.69, 9.17) is 4.52 Å². The van der Waals surface area contributed by atoms with Gasteiger partial charge in [-0.25, -0.2) is 8.78 Å². The zero-order valence-corrected chi connectivity index (χ0v) is 11.9. The second-order valence-electron chi connectivity index (χ2n) is 4.86. The van der Waals surface area contributed by atoms with Crippen molar-refractivity contribution in [3.63, 3.8) is 0 Å². The van der Waals surface area contributed by atoms with E-state index in [1.807, 2.05) is 6.07 Å². The van der Waals surface area contributed by atoms with E-state index in [9.17, 15) is 13.6 Å². The third-order valence-electron chi connectivity index (χ3n) is 3.22. The molecule has 1 amide bonds. The smallest absolute Gasteiger partial charge is 0.251 e. The van der Waals surface area contributed by atoms with Crippen molar-refractivity contribution in [1.29, 1.82) is 0 Å². The first-order valence-corrected chi connectivity index (χ1v) is 6.88. The van der Waals surface area contributed by atoms with Crippen LogP contribution < -0.4 is 5.32 Å². The topological polar surface area (TPSA) is 55.1 Å². The Morgan fingerprint density at radius 3 is 2.61 bits per heavy atom. The first kappa shape index (κ1) is 14.9. The van der Waals surface area contributed by atoms with Crippen LogP contribution in [0.4, 0.5) is 8.78 Å². The number of benzene rings is 2. The van der Waals surface area contributed by atoms with E-state index in [0.29, 0.717) is 11.3 Å². The van der Waals surface area contributed by atoms with Crippen LogP contribution in [0.5, 0.6) is 0 Å². The Morgan fingerprint density at radius 2 is 1.87 bits per heavy atom. The molecule has 0 fully saturated rings. The van der Waals surface area contributed by atoms with E-state index >= 15 is 0 Å². The summed E-state index contributed by atoms with van der Waals surface area (Å²) in [5, 5.41) is 6.46. The van der Waals surface area contributed by atoms with Crippen molar-refractivity contribution in [3.8, 4) is 11.3 Å². The molecule has 116 valence electrons. The third kappa shape index (κ3) is 3.42. The van der Waals surface area contributed by atoms with Gasteiger partial charge in [-0.05, 0) is 24.3 Å². The van der Waals surface area contributed by atoms with E-state index in [-0.39, 0.29) is 23.8 Å². The predicted octanol–water partition coefficient (Wildman–Crippen LogP) is 3.55. The van der Waals surface area contributed by atoms with Gasteiger partial charge in [0.05, 0.1) is 12.1 Å². The number of hydrogen-bond acceptors (Lipinski definition) is 3. The highest BCUT2D eigenvalue weighted by molar-refractivity contribution is 5.94. The highest BCUT2D eigenvalue weighted by Gasteiger charge is 2.13. The average Bonchev–Trinajstić information content (AvgIpc) is 3.02. The normalized spacial score (nSPS) is 10.5. The standard InChI is InChI=1S/C17H12F2N2O2/c18-12-6-7-14(15(19)8-12)16-9-13(21-23-16)10-20-17(22)11-4-2-1-3-5-11/h1-9H,10H2,(H,20,22). The van der Waals surface area contributed by atoms with Crippen molar-refractivity contribution in [1.82, 2.24) is 10.5 Å².